The van der Waals surface area contributed by atoms with Gasteiger partial charge in [0.05, 0.1) is 0 Å². The molecule has 0 aromatic carbocycles. The van der Waals surface area contributed by atoms with Crippen LogP contribution in [0, 0.1) is 11.3 Å². The predicted molar refractivity (Wildman–Crippen MR) is 72.2 cm³/mol. The first-order chi connectivity index (χ1) is 8.55. The van der Waals surface area contributed by atoms with Gasteiger partial charge in [-0.15, -0.1) is 11.3 Å². The smallest absolute Gasteiger partial charge is 0.312 e. The van der Waals surface area contributed by atoms with E-state index in [1.54, 1.807) is 7.05 Å². The molecule has 2 unspecified atom stereocenters. The Kier molecular flexibility index (Phi) is 5.01. The molecule has 1 N–H and O–H groups in total. The van der Waals surface area contributed by atoms with Crippen LogP contribution >= 0.6 is 11.3 Å². The second-order valence-electron chi connectivity index (χ2n) is 5.91. The Morgan fingerprint density at radius 2 is 1.89 bits per heavy atom. The Hall–Kier alpha value is -0.620. The first-order valence-electron chi connectivity index (χ1n) is 6.26. The van der Waals surface area contributed by atoms with Crippen molar-refractivity contribution in [2.24, 2.45) is 11.3 Å². The summed E-state index contributed by atoms with van der Waals surface area (Å²) in [7, 11) is 1.77. The van der Waals surface area contributed by atoms with E-state index in [2.05, 4.69) is 38.0 Å². The molecular formula is C13H21F3N2S. The average molecular weight is 294 g/mol. The van der Waals surface area contributed by atoms with Crippen LogP contribution in [0.15, 0.2) is 6.20 Å². The molecule has 1 heterocycles. The van der Waals surface area contributed by atoms with E-state index in [0.717, 1.165) is 17.8 Å². The van der Waals surface area contributed by atoms with Crippen LogP contribution in [-0.4, -0.2) is 12.0 Å². The summed E-state index contributed by atoms with van der Waals surface area (Å²) in [6.45, 7) is 8.53. The van der Waals surface area contributed by atoms with Crippen LogP contribution in [0.4, 0.5) is 13.2 Å². The van der Waals surface area contributed by atoms with E-state index in [1.165, 1.54) is 6.20 Å². The molecule has 1 aromatic heterocycles. The summed E-state index contributed by atoms with van der Waals surface area (Å²) in [4.78, 5) is 4.12. The van der Waals surface area contributed by atoms with E-state index < -0.39 is 11.2 Å². The van der Waals surface area contributed by atoms with Gasteiger partial charge in [-0.2, -0.15) is 13.2 Å². The molecule has 19 heavy (non-hydrogen) atoms. The molecule has 110 valence electrons. The number of halogens is 3. The molecule has 0 radical (unpaired) electrons. The van der Waals surface area contributed by atoms with Crippen LogP contribution in [0.25, 0.3) is 0 Å². The summed E-state index contributed by atoms with van der Waals surface area (Å²) in [5.74, 6) is 0.390. The van der Waals surface area contributed by atoms with Crippen molar-refractivity contribution in [1.82, 2.24) is 10.3 Å². The van der Waals surface area contributed by atoms with Gasteiger partial charge in [0, 0.05) is 17.1 Å². The summed E-state index contributed by atoms with van der Waals surface area (Å²) in [6.07, 6.45) is -2.22. The normalized spacial score (nSPS) is 16.4. The van der Waals surface area contributed by atoms with E-state index >= 15 is 0 Å². The van der Waals surface area contributed by atoms with Crippen molar-refractivity contribution in [3.63, 3.8) is 0 Å². The lowest BCUT2D eigenvalue weighted by atomic mass is 9.78. The number of hydrogen-bond acceptors (Lipinski definition) is 3. The van der Waals surface area contributed by atoms with Gasteiger partial charge < -0.3 is 5.32 Å². The maximum atomic E-state index is 12.5. The van der Waals surface area contributed by atoms with E-state index in [9.17, 15) is 13.2 Å². The van der Waals surface area contributed by atoms with E-state index in [4.69, 9.17) is 0 Å². The fourth-order valence-electron chi connectivity index (χ4n) is 1.66. The molecule has 0 amide bonds. The highest BCUT2D eigenvalue weighted by atomic mass is 32.1. The zero-order chi connectivity index (χ0) is 14.8. The predicted octanol–water partition coefficient (Wildman–Crippen LogP) is 4.49. The summed E-state index contributed by atoms with van der Waals surface area (Å²) < 4.78 is 37.6. The Balaban J connectivity index is 2.84. The van der Waals surface area contributed by atoms with Crippen LogP contribution in [-0.2, 0) is 6.18 Å². The van der Waals surface area contributed by atoms with Gasteiger partial charge in [-0.25, -0.2) is 4.98 Å². The highest BCUT2D eigenvalue weighted by Gasteiger charge is 2.35. The fraction of sp³-hybridized carbons (Fsp3) is 0.769. The molecule has 6 heteroatoms. The van der Waals surface area contributed by atoms with Crippen molar-refractivity contribution in [1.29, 1.82) is 0 Å². The zero-order valence-electron chi connectivity index (χ0n) is 11.9. The largest absolute Gasteiger partial charge is 0.443 e. The lowest BCUT2D eigenvalue weighted by Gasteiger charge is -2.30. The molecule has 2 nitrogen and oxygen atoms in total. The van der Waals surface area contributed by atoms with Crippen molar-refractivity contribution < 1.29 is 13.2 Å². The Morgan fingerprint density at radius 1 is 1.32 bits per heavy atom. The highest BCUT2D eigenvalue weighted by Crippen LogP contribution is 2.38. The molecule has 1 aromatic rings. The van der Waals surface area contributed by atoms with Crippen molar-refractivity contribution >= 4 is 11.3 Å². The lowest BCUT2D eigenvalue weighted by molar-refractivity contribution is -0.137. The van der Waals surface area contributed by atoms with E-state index in [1.807, 2.05) is 0 Å². The van der Waals surface area contributed by atoms with Gasteiger partial charge in [0.1, 0.15) is 0 Å². The molecule has 0 aliphatic rings. The molecule has 0 aliphatic carbocycles. The second-order valence-corrected chi connectivity index (χ2v) is 6.97. The number of rotatable bonds is 4. The van der Waals surface area contributed by atoms with Gasteiger partial charge in [0.15, 0.2) is 5.01 Å². The van der Waals surface area contributed by atoms with Gasteiger partial charge in [-0.3, -0.25) is 0 Å². The summed E-state index contributed by atoms with van der Waals surface area (Å²) >= 11 is 0.727. The minimum atomic E-state index is -4.35. The van der Waals surface area contributed by atoms with Crippen LogP contribution in [0.1, 0.15) is 50.0 Å². The monoisotopic (exact) mass is 294 g/mol. The summed E-state index contributed by atoms with van der Waals surface area (Å²) in [5, 5.41) is 2.32. The first kappa shape index (κ1) is 16.4. The number of nitrogens with one attached hydrogen (secondary N) is 1. The number of alkyl halides is 3. The van der Waals surface area contributed by atoms with E-state index in [-0.39, 0.29) is 11.5 Å². The second kappa shape index (κ2) is 5.79. The van der Waals surface area contributed by atoms with Crippen LogP contribution in [0.3, 0.4) is 0 Å². The maximum Gasteiger partial charge on any atom is 0.443 e. The minimum Gasteiger partial charge on any atom is -0.312 e. The zero-order valence-corrected chi connectivity index (χ0v) is 12.7. The highest BCUT2D eigenvalue weighted by molar-refractivity contribution is 7.11. The van der Waals surface area contributed by atoms with Gasteiger partial charge in [-0.1, -0.05) is 27.7 Å². The molecule has 0 saturated carbocycles. The molecule has 0 fully saturated rings. The topological polar surface area (TPSA) is 24.9 Å². The third kappa shape index (κ3) is 4.45. The third-order valence-electron chi connectivity index (χ3n) is 3.53. The third-order valence-corrected chi connectivity index (χ3v) is 4.68. The van der Waals surface area contributed by atoms with Crippen molar-refractivity contribution in [2.45, 2.75) is 46.3 Å². The Labute approximate surface area is 116 Å². The lowest BCUT2D eigenvalue weighted by Crippen LogP contribution is -2.24. The Bertz CT molecular complexity index is 407. The minimum absolute atomic E-state index is 0.0807. The number of hydrogen-bond donors (Lipinski definition) is 1. The summed E-state index contributed by atoms with van der Waals surface area (Å²) in [6, 6.07) is -0.0807. The molecule has 2 atom stereocenters. The van der Waals surface area contributed by atoms with Crippen LogP contribution in [0.5, 0.6) is 0 Å². The van der Waals surface area contributed by atoms with Gasteiger partial charge in [-0.05, 0) is 24.8 Å². The van der Waals surface area contributed by atoms with Gasteiger partial charge >= 0.3 is 6.18 Å². The van der Waals surface area contributed by atoms with Crippen molar-refractivity contribution in [3.05, 3.63) is 16.1 Å². The molecule has 0 spiro atoms. The van der Waals surface area contributed by atoms with Crippen LogP contribution in [0.2, 0.25) is 0 Å². The SMILES string of the molecule is CNC(CC(C)C(C)(C)C)c1cnc(C(F)(F)F)s1. The summed E-state index contributed by atoms with van der Waals surface area (Å²) in [5.41, 5.74) is 0.132. The quantitative estimate of drug-likeness (QED) is 0.884. The molecular weight excluding hydrogens is 273 g/mol. The molecule has 0 aliphatic heterocycles. The number of aromatic nitrogens is 1. The molecule has 0 saturated heterocycles. The van der Waals surface area contributed by atoms with Gasteiger partial charge in [0.2, 0.25) is 0 Å². The number of nitrogens with zero attached hydrogens (tertiary/aromatic N) is 1. The molecule has 1 rings (SSSR count). The molecule has 0 bridgehead atoms. The van der Waals surface area contributed by atoms with E-state index in [0.29, 0.717) is 10.8 Å². The standard InChI is InChI=1S/C13H21F3N2S/c1-8(12(2,3)4)6-9(17-5)10-7-18-11(19-10)13(14,15)16/h7-9,17H,6H2,1-5H3. The number of thiazole rings is 1. The Morgan fingerprint density at radius 3 is 2.26 bits per heavy atom. The maximum absolute atomic E-state index is 12.5. The van der Waals surface area contributed by atoms with Crippen molar-refractivity contribution in [3.8, 4) is 0 Å². The van der Waals surface area contributed by atoms with Crippen molar-refractivity contribution in [2.75, 3.05) is 7.05 Å². The fourth-order valence-corrected chi connectivity index (χ4v) is 2.57. The first-order valence-corrected chi connectivity index (χ1v) is 7.07. The van der Waals surface area contributed by atoms with Crippen LogP contribution < -0.4 is 5.32 Å². The van der Waals surface area contributed by atoms with Gasteiger partial charge in [0.25, 0.3) is 0 Å². The average Bonchev–Trinajstić information content (AvgIpc) is 2.72.